The van der Waals surface area contributed by atoms with Crippen molar-refractivity contribution in [3.63, 3.8) is 0 Å². The Bertz CT molecular complexity index is 614. The normalized spacial score (nSPS) is 24.5. The Hall–Kier alpha value is -1.20. The van der Waals surface area contributed by atoms with Crippen LogP contribution >= 0.6 is 11.9 Å². The summed E-state index contributed by atoms with van der Waals surface area (Å²) in [5.74, 6) is 1.78. The minimum absolute atomic E-state index is 0.381. The SMILES string of the molecule is CCCCC(C)N1CCN(C2=NCCN2SC2C=CC=C(C(C)C)C=C2)CC1. The van der Waals surface area contributed by atoms with Gasteiger partial charge in [0.05, 0.1) is 18.3 Å². The average Bonchev–Trinajstić information content (AvgIpc) is 3.02. The lowest BCUT2D eigenvalue weighted by atomic mass is 10.0. The van der Waals surface area contributed by atoms with Crippen molar-refractivity contribution in [3.8, 4) is 0 Å². The molecular weight excluding hydrogens is 364 g/mol. The summed E-state index contributed by atoms with van der Waals surface area (Å²) in [7, 11) is 0. The highest BCUT2D eigenvalue weighted by molar-refractivity contribution is 7.98. The third-order valence-corrected chi connectivity index (χ3v) is 7.12. The molecule has 1 aliphatic carbocycles. The first-order valence-electron chi connectivity index (χ1n) is 11.1. The molecular formula is C23H38N4S. The first-order chi connectivity index (χ1) is 13.6. The molecule has 1 fully saturated rings. The van der Waals surface area contributed by atoms with Crippen LogP contribution in [-0.2, 0) is 0 Å². The fourth-order valence-corrected chi connectivity index (χ4v) is 5.08. The highest BCUT2D eigenvalue weighted by Crippen LogP contribution is 2.27. The number of piperazine rings is 1. The number of rotatable bonds is 7. The number of hydrogen-bond acceptors (Lipinski definition) is 5. The van der Waals surface area contributed by atoms with Gasteiger partial charge in [0.2, 0.25) is 5.96 Å². The van der Waals surface area contributed by atoms with Gasteiger partial charge in [0, 0.05) is 32.2 Å². The molecule has 3 rings (SSSR count). The fraction of sp³-hybridized carbons (Fsp3) is 0.696. The molecule has 2 heterocycles. The molecule has 2 aliphatic heterocycles. The standard InChI is InChI=1S/C23H38N4S/c1-5-6-8-20(4)25-15-17-26(18-16-25)23-24-13-14-27(23)28-22-10-7-9-21(11-12-22)19(2)3/h7,9-12,19-20,22H,5-6,8,13-18H2,1-4H3. The van der Waals surface area contributed by atoms with Crippen molar-refractivity contribution < 1.29 is 0 Å². The van der Waals surface area contributed by atoms with E-state index in [1.54, 1.807) is 0 Å². The second-order valence-electron chi connectivity index (χ2n) is 8.43. The van der Waals surface area contributed by atoms with E-state index in [2.05, 4.69) is 72.2 Å². The van der Waals surface area contributed by atoms with Crippen LogP contribution in [0, 0.1) is 5.92 Å². The second kappa shape index (κ2) is 10.5. The molecule has 5 heteroatoms. The lowest BCUT2D eigenvalue weighted by molar-refractivity contribution is 0.130. The highest BCUT2D eigenvalue weighted by Gasteiger charge is 2.29. The molecule has 0 bridgehead atoms. The molecule has 0 aromatic heterocycles. The van der Waals surface area contributed by atoms with E-state index >= 15 is 0 Å². The van der Waals surface area contributed by atoms with Gasteiger partial charge in [0.25, 0.3) is 0 Å². The molecule has 2 atom stereocenters. The number of guanidine groups is 1. The topological polar surface area (TPSA) is 22.1 Å². The molecule has 0 aromatic rings. The van der Waals surface area contributed by atoms with E-state index in [1.165, 1.54) is 30.8 Å². The Morgan fingerprint density at radius 3 is 2.61 bits per heavy atom. The van der Waals surface area contributed by atoms with Gasteiger partial charge >= 0.3 is 0 Å². The summed E-state index contributed by atoms with van der Waals surface area (Å²) in [6.45, 7) is 15.7. The lowest BCUT2D eigenvalue weighted by Gasteiger charge is -2.40. The van der Waals surface area contributed by atoms with E-state index in [4.69, 9.17) is 4.99 Å². The summed E-state index contributed by atoms with van der Waals surface area (Å²) in [5.41, 5.74) is 1.41. The van der Waals surface area contributed by atoms with Crippen molar-refractivity contribution >= 4 is 17.9 Å². The molecule has 0 amide bonds. The smallest absolute Gasteiger partial charge is 0.207 e. The zero-order valence-electron chi connectivity index (χ0n) is 18.2. The van der Waals surface area contributed by atoms with Crippen LogP contribution in [0.3, 0.4) is 0 Å². The number of unbranched alkanes of at least 4 members (excludes halogenated alkanes) is 1. The zero-order chi connectivity index (χ0) is 19.9. The van der Waals surface area contributed by atoms with E-state index in [1.807, 2.05) is 11.9 Å². The first kappa shape index (κ1) is 21.5. The molecule has 0 spiro atoms. The molecule has 0 saturated carbocycles. The highest BCUT2D eigenvalue weighted by atomic mass is 32.2. The van der Waals surface area contributed by atoms with Crippen LogP contribution in [0.4, 0.5) is 0 Å². The van der Waals surface area contributed by atoms with Crippen molar-refractivity contribution in [2.75, 3.05) is 39.3 Å². The predicted octanol–water partition coefficient (Wildman–Crippen LogP) is 4.58. The van der Waals surface area contributed by atoms with Crippen LogP contribution in [0.25, 0.3) is 0 Å². The molecule has 0 aromatic carbocycles. The monoisotopic (exact) mass is 402 g/mol. The Morgan fingerprint density at radius 1 is 1.11 bits per heavy atom. The molecule has 4 nitrogen and oxygen atoms in total. The van der Waals surface area contributed by atoms with Gasteiger partial charge in [-0.3, -0.25) is 14.2 Å². The minimum atomic E-state index is 0.381. The Morgan fingerprint density at radius 2 is 1.89 bits per heavy atom. The van der Waals surface area contributed by atoms with Crippen LogP contribution in [0.15, 0.2) is 40.9 Å². The summed E-state index contributed by atoms with van der Waals surface area (Å²) in [6.07, 6.45) is 15.4. The molecule has 156 valence electrons. The van der Waals surface area contributed by atoms with Gasteiger partial charge in [0.15, 0.2) is 0 Å². The van der Waals surface area contributed by atoms with Gasteiger partial charge in [-0.15, -0.1) is 0 Å². The van der Waals surface area contributed by atoms with Crippen LogP contribution in [0.2, 0.25) is 0 Å². The molecule has 0 radical (unpaired) electrons. The molecule has 28 heavy (non-hydrogen) atoms. The van der Waals surface area contributed by atoms with Gasteiger partial charge < -0.3 is 4.90 Å². The van der Waals surface area contributed by atoms with Crippen molar-refractivity contribution in [2.24, 2.45) is 10.9 Å². The van der Waals surface area contributed by atoms with Gasteiger partial charge in [-0.2, -0.15) is 0 Å². The molecule has 1 saturated heterocycles. The van der Waals surface area contributed by atoms with Crippen molar-refractivity contribution in [2.45, 2.75) is 58.2 Å². The first-order valence-corrected chi connectivity index (χ1v) is 12.0. The number of allylic oxidation sites excluding steroid dienone is 4. The minimum Gasteiger partial charge on any atom is -0.340 e. The second-order valence-corrected chi connectivity index (χ2v) is 9.63. The summed E-state index contributed by atoms with van der Waals surface area (Å²) in [5, 5.41) is 0.381. The Balaban J connectivity index is 1.51. The molecule has 2 unspecified atom stereocenters. The largest absolute Gasteiger partial charge is 0.340 e. The van der Waals surface area contributed by atoms with Crippen LogP contribution < -0.4 is 0 Å². The quantitative estimate of drug-likeness (QED) is 0.581. The Kier molecular flexibility index (Phi) is 8.10. The van der Waals surface area contributed by atoms with E-state index in [9.17, 15) is 0 Å². The number of aliphatic imine (C=N–C) groups is 1. The van der Waals surface area contributed by atoms with Gasteiger partial charge in [-0.1, -0.05) is 64.0 Å². The maximum atomic E-state index is 4.86. The maximum absolute atomic E-state index is 4.86. The van der Waals surface area contributed by atoms with E-state index in [0.29, 0.717) is 17.2 Å². The lowest BCUT2D eigenvalue weighted by Crippen LogP contribution is -2.53. The molecule has 3 aliphatic rings. The van der Waals surface area contributed by atoms with Crippen LogP contribution in [-0.4, -0.2) is 70.6 Å². The number of hydrogen-bond donors (Lipinski definition) is 0. The Labute approximate surface area is 176 Å². The number of nitrogens with zero attached hydrogens (tertiary/aromatic N) is 4. The van der Waals surface area contributed by atoms with Crippen molar-refractivity contribution in [1.82, 2.24) is 14.1 Å². The molecule has 0 N–H and O–H groups in total. The summed E-state index contributed by atoms with van der Waals surface area (Å²) in [6, 6.07) is 0.710. The zero-order valence-corrected chi connectivity index (χ0v) is 19.0. The summed E-state index contributed by atoms with van der Waals surface area (Å²) < 4.78 is 2.43. The predicted molar refractivity (Wildman–Crippen MR) is 124 cm³/mol. The van der Waals surface area contributed by atoms with E-state index in [0.717, 1.165) is 39.3 Å². The van der Waals surface area contributed by atoms with Gasteiger partial charge in [-0.05, 0) is 36.8 Å². The van der Waals surface area contributed by atoms with Crippen molar-refractivity contribution in [3.05, 3.63) is 36.0 Å². The van der Waals surface area contributed by atoms with Crippen LogP contribution in [0.1, 0.15) is 47.0 Å². The van der Waals surface area contributed by atoms with E-state index < -0.39 is 0 Å². The average molecular weight is 403 g/mol. The van der Waals surface area contributed by atoms with E-state index in [-0.39, 0.29) is 0 Å². The third kappa shape index (κ3) is 5.66. The van der Waals surface area contributed by atoms with Crippen LogP contribution in [0.5, 0.6) is 0 Å². The van der Waals surface area contributed by atoms with Crippen molar-refractivity contribution in [1.29, 1.82) is 0 Å². The van der Waals surface area contributed by atoms with Gasteiger partial charge in [0.1, 0.15) is 0 Å². The fourth-order valence-electron chi connectivity index (χ4n) is 4.03. The summed E-state index contributed by atoms with van der Waals surface area (Å²) >= 11 is 1.92. The third-order valence-electron chi connectivity index (χ3n) is 5.96. The maximum Gasteiger partial charge on any atom is 0.207 e. The summed E-state index contributed by atoms with van der Waals surface area (Å²) in [4.78, 5) is 10.0. The van der Waals surface area contributed by atoms with Gasteiger partial charge in [-0.25, -0.2) is 0 Å².